The number of hydrogen-bond acceptors (Lipinski definition) is 4. The van der Waals surface area contributed by atoms with Gasteiger partial charge in [0.15, 0.2) is 0 Å². The third-order valence-electron chi connectivity index (χ3n) is 3.89. The van der Waals surface area contributed by atoms with Crippen LogP contribution in [-0.2, 0) is 14.3 Å². The Morgan fingerprint density at radius 3 is 2.58 bits per heavy atom. The number of anilines is 1. The van der Waals surface area contributed by atoms with Gasteiger partial charge in [-0.1, -0.05) is 31.4 Å². The van der Waals surface area contributed by atoms with E-state index in [1.54, 1.807) is 24.3 Å². The van der Waals surface area contributed by atoms with Gasteiger partial charge in [-0.25, -0.2) is 4.79 Å². The number of allylic oxidation sites excluding steroid dienone is 1. The van der Waals surface area contributed by atoms with Crippen molar-refractivity contribution in [2.24, 2.45) is 0 Å². The first-order valence-electron chi connectivity index (χ1n) is 8.85. The van der Waals surface area contributed by atoms with Gasteiger partial charge in [-0.15, -0.1) is 6.58 Å². The lowest BCUT2D eigenvalue weighted by molar-refractivity contribution is -0.143. The zero-order chi connectivity index (χ0) is 19.4. The van der Waals surface area contributed by atoms with E-state index >= 15 is 0 Å². The summed E-state index contributed by atoms with van der Waals surface area (Å²) in [5.41, 5.74) is 0.901. The molecule has 26 heavy (non-hydrogen) atoms. The Kier molecular flexibility index (Phi) is 9.75. The van der Waals surface area contributed by atoms with E-state index in [0.717, 1.165) is 32.1 Å². The predicted molar refractivity (Wildman–Crippen MR) is 102 cm³/mol. The first-order valence-corrected chi connectivity index (χ1v) is 8.85. The normalized spacial score (nSPS) is 11.3. The maximum absolute atomic E-state index is 12.4. The Labute approximate surface area is 155 Å². The second-order valence-corrected chi connectivity index (χ2v) is 6.09. The fourth-order valence-corrected chi connectivity index (χ4v) is 2.56. The third kappa shape index (κ3) is 7.96. The monoisotopic (exact) mass is 360 g/mol. The third-order valence-corrected chi connectivity index (χ3v) is 3.89. The molecule has 0 radical (unpaired) electrons. The molecule has 1 atom stereocenters. The molecule has 0 aliphatic rings. The number of unbranched alkanes of at least 4 members (excludes halogenated alkanes) is 4. The molecule has 142 valence electrons. The van der Waals surface area contributed by atoms with Crippen LogP contribution in [0.5, 0.6) is 0 Å². The van der Waals surface area contributed by atoms with Gasteiger partial charge in [-0.2, -0.15) is 0 Å². The van der Waals surface area contributed by atoms with Crippen molar-refractivity contribution < 1.29 is 19.1 Å². The molecular weight excluding hydrogens is 332 g/mol. The second kappa shape index (κ2) is 11.8. The minimum atomic E-state index is -0.684. The lowest BCUT2D eigenvalue weighted by Crippen LogP contribution is -2.41. The Morgan fingerprint density at radius 1 is 1.19 bits per heavy atom. The van der Waals surface area contributed by atoms with Gasteiger partial charge in [0.1, 0.15) is 6.04 Å². The molecule has 2 N–H and O–H groups in total. The summed E-state index contributed by atoms with van der Waals surface area (Å²) < 4.78 is 4.80. The Balaban J connectivity index is 2.63. The number of hydrogen-bond donors (Lipinski definition) is 2. The van der Waals surface area contributed by atoms with E-state index in [9.17, 15) is 14.4 Å². The molecule has 6 nitrogen and oxygen atoms in total. The number of nitrogens with one attached hydrogen (secondary N) is 2. The molecule has 0 aliphatic heterocycles. The highest BCUT2D eigenvalue weighted by atomic mass is 16.5. The van der Waals surface area contributed by atoms with Crippen LogP contribution in [0.2, 0.25) is 0 Å². The molecule has 2 amide bonds. The van der Waals surface area contributed by atoms with E-state index in [-0.39, 0.29) is 11.8 Å². The van der Waals surface area contributed by atoms with Crippen LogP contribution in [0.25, 0.3) is 0 Å². The predicted octanol–water partition coefficient (Wildman–Crippen LogP) is 3.44. The molecule has 0 bridgehead atoms. The summed E-state index contributed by atoms with van der Waals surface area (Å²) in [4.78, 5) is 35.5. The highest BCUT2D eigenvalue weighted by Crippen LogP contribution is 2.13. The van der Waals surface area contributed by atoms with Crippen molar-refractivity contribution in [1.82, 2.24) is 5.32 Å². The van der Waals surface area contributed by atoms with E-state index in [1.807, 2.05) is 6.08 Å². The number of esters is 1. The molecule has 1 aromatic rings. The van der Waals surface area contributed by atoms with Gasteiger partial charge < -0.3 is 15.4 Å². The number of benzene rings is 1. The topological polar surface area (TPSA) is 84.5 Å². The number of amides is 2. The summed E-state index contributed by atoms with van der Waals surface area (Å²) in [6.45, 7) is 5.09. The fourth-order valence-electron chi connectivity index (χ4n) is 2.56. The average molecular weight is 360 g/mol. The van der Waals surface area contributed by atoms with Crippen LogP contribution in [0.4, 0.5) is 5.69 Å². The number of carbonyl (C=O) groups is 3. The summed E-state index contributed by atoms with van der Waals surface area (Å²) in [7, 11) is 1.31. The standard InChI is InChI=1S/C20H28N2O4/c1-4-5-6-7-8-9-13-18(20(25)26-3)22-19(24)16-11-10-12-17(14-16)21-15(2)23/h4,10-12,14,18H,1,5-9,13H2,2-3H3,(H,21,23)(H,22,24)/t18-/m1/s1. The van der Waals surface area contributed by atoms with Gasteiger partial charge in [0.05, 0.1) is 7.11 Å². The van der Waals surface area contributed by atoms with E-state index in [4.69, 9.17) is 4.74 Å². The van der Waals surface area contributed by atoms with Gasteiger partial charge in [-0.05, 0) is 37.5 Å². The van der Waals surface area contributed by atoms with Gasteiger partial charge in [0, 0.05) is 18.2 Å². The van der Waals surface area contributed by atoms with Crippen LogP contribution in [0, 0.1) is 0 Å². The molecule has 0 aliphatic carbocycles. The quantitative estimate of drug-likeness (QED) is 0.360. The summed E-state index contributed by atoms with van der Waals surface area (Å²) in [5, 5.41) is 5.35. The Morgan fingerprint density at radius 2 is 1.92 bits per heavy atom. The van der Waals surface area contributed by atoms with Gasteiger partial charge in [-0.3, -0.25) is 9.59 Å². The Hall–Kier alpha value is -2.63. The first kappa shape index (κ1) is 21.4. The molecule has 1 aromatic carbocycles. The van der Waals surface area contributed by atoms with E-state index in [2.05, 4.69) is 17.2 Å². The molecule has 0 aromatic heterocycles. The van der Waals surface area contributed by atoms with Crippen LogP contribution in [-0.4, -0.2) is 30.9 Å². The zero-order valence-electron chi connectivity index (χ0n) is 15.5. The molecule has 6 heteroatoms. The van der Waals surface area contributed by atoms with Crippen LogP contribution >= 0.6 is 0 Å². The number of carbonyl (C=O) groups excluding carboxylic acids is 3. The van der Waals surface area contributed by atoms with E-state index in [1.165, 1.54) is 14.0 Å². The van der Waals surface area contributed by atoms with Crippen LogP contribution in [0.3, 0.4) is 0 Å². The van der Waals surface area contributed by atoms with Crippen LogP contribution in [0.15, 0.2) is 36.9 Å². The van der Waals surface area contributed by atoms with Gasteiger partial charge >= 0.3 is 5.97 Å². The second-order valence-electron chi connectivity index (χ2n) is 6.09. The molecule has 0 heterocycles. The van der Waals surface area contributed by atoms with Crippen LogP contribution < -0.4 is 10.6 Å². The van der Waals surface area contributed by atoms with E-state index < -0.39 is 12.0 Å². The molecule has 0 saturated carbocycles. The van der Waals surface area contributed by atoms with Crippen molar-refractivity contribution in [2.45, 2.75) is 51.5 Å². The molecule has 0 fully saturated rings. The van der Waals surface area contributed by atoms with Crippen molar-refractivity contribution in [1.29, 1.82) is 0 Å². The van der Waals surface area contributed by atoms with E-state index in [0.29, 0.717) is 17.7 Å². The van der Waals surface area contributed by atoms with Crippen molar-refractivity contribution in [3.8, 4) is 0 Å². The largest absolute Gasteiger partial charge is 0.467 e. The minimum Gasteiger partial charge on any atom is -0.467 e. The molecule has 0 unspecified atom stereocenters. The minimum absolute atomic E-state index is 0.216. The van der Waals surface area contributed by atoms with Crippen molar-refractivity contribution in [3.63, 3.8) is 0 Å². The summed E-state index contributed by atoms with van der Waals surface area (Å²) in [6, 6.07) is 5.88. The number of rotatable bonds is 11. The van der Waals surface area contributed by atoms with Crippen molar-refractivity contribution >= 4 is 23.5 Å². The molecule has 0 spiro atoms. The number of ether oxygens (including phenoxy) is 1. The van der Waals surface area contributed by atoms with Crippen molar-refractivity contribution in [2.75, 3.05) is 12.4 Å². The van der Waals surface area contributed by atoms with Gasteiger partial charge in [0.2, 0.25) is 5.91 Å². The smallest absolute Gasteiger partial charge is 0.328 e. The highest BCUT2D eigenvalue weighted by molar-refractivity contribution is 5.98. The molecule has 0 saturated heterocycles. The van der Waals surface area contributed by atoms with Gasteiger partial charge in [0.25, 0.3) is 5.91 Å². The number of methoxy groups -OCH3 is 1. The SMILES string of the molecule is C=CCCCCCC[C@@H](NC(=O)c1cccc(NC(C)=O)c1)C(=O)OC. The van der Waals surface area contributed by atoms with Crippen molar-refractivity contribution in [3.05, 3.63) is 42.5 Å². The maximum atomic E-state index is 12.4. The zero-order valence-corrected chi connectivity index (χ0v) is 15.5. The average Bonchev–Trinajstić information content (AvgIpc) is 2.62. The Bertz CT molecular complexity index is 628. The maximum Gasteiger partial charge on any atom is 0.328 e. The molecule has 1 rings (SSSR count). The fraction of sp³-hybridized carbons (Fsp3) is 0.450. The lowest BCUT2D eigenvalue weighted by Gasteiger charge is -2.17. The lowest BCUT2D eigenvalue weighted by atomic mass is 10.1. The summed E-state index contributed by atoms with van der Waals surface area (Å²) in [6.07, 6.45) is 7.35. The highest BCUT2D eigenvalue weighted by Gasteiger charge is 2.21. The first-order chi connectivity index (χ1) is 12.5. The molecular formula is C20H28N2O4. The summed E-state index contributed by atoms with van der Waals surface area (Å²) in [5.74, 6) is -1.05. The summed E-state index contributed by atoms with van der Waals surface area (Å²) >= 11 is 0. The van der Waals surface area contributed by atoms with Crippen LogP contribution in [0.1, 0.15) is 55.8 Å².